The van der Waals surface area contributed by atoms with Crippen molar-refractivity contribution in [2.45, 2.75) is 30.3 Å². The number of piperidine rings is 1. The molecule has 1 aromatic carbocycles. The summed E-state index contributed by atoms with van der Waals surface area (Å²) in [6.07, 6.45) is 5.64. The molecule has 1 aromatic heterocycles. The van der Waals surface area contributed by atoms with Gasteiger partial charge in [-0.2, -0.15) is 0 Å². The fourth-order valence-electron chi connectivity index (χ4n) is 2.83. The fourth-order valence-corrected chi connectivity index (χ4v) is 3.86. The van der Waals surface area contributed by atoms with Gasteiger partial charge in [-0.05, 0) is 25.0 Å². The molecule has 1 fully saturated rings. The van der Waals surface area contributed by atoms with Crippen LogP contribution >= 0.6 is 23.4 Å². The molecule has 0 N–H and O–H groups in total. The van der Waals surface area contributed by atoms with Crippen molar-refractivity contribution in [2.24, 2.45) is 0 Å². The third-order valence-electron chi connectivity index (χ3n) is 4.09. The number of carbonyl (C=O) groups excluding carboxylic acids is 1. The molecule has 0 spiro atoms. The molecule has 0 radical (unpaired) electrons. The Labute approximate surface area is 157 Å². The maximum atomic E-state index is 12.5. The number of ether oxygens (including phenoxy) is 1. The van der Waals surface area contributed by atoms with Crippen LogP contribution in [0.25, 0.3) is 0 Å². The van der Waals surface area contributed by atoms with E-state index in [-0.39, 0.29) is 12.0 Å². The first kappa shape index (κ1) is 18.1. The lowest BCUT2D eigenvalue weighted by Crippen LogP contribution is -2.44. The van der Waals surface area contributed by atoms with Crippen molar-refractivity contribution in [3.05, 3.63) is 53.8 Å². The van der Waals surface area contributed by atoms with Gasteiger partial charge in [0.25, 0.3) is 0 Å². The van der Waals surface area contributed by atoms with E-state index >= 15 is 0 Å². The smallest absolute Gasteiger partial charge is 0.223 e. The highest BCUT2D eigenvalue weighted by Crippen LogP contribution is 2.26. The van der Waals surface area contributed by atoms with Gasteiger partial charge in [-0.15, -0.1) is 11.8 Å². The highest BCUT2D eigenvalue weighted by atomic mass is 35.5. The van der Waals surface area contributed by atoms with E-state index < -0.39 is 0 Å². The Balaban J connectivity index is 1.47. The van der Waals surface area contributed by atoms with Crippen LogP contribution < -0.4 is 4.74 Å². The number of halogens is 1. The van der Waals surface area contributed by atoms with Crippen LogP contribution in [0.5, 0.6) is 5.75 Å². The lowest BCUT2D eigenvalue weighted by atomic mass is 10.1. The van der Waals surface area contributed by atoms with E-state index in [1.54, 1.807) is 30.2 Å². The van der Waals surface area contributed by atoms with Crippen LogP contribution in [0.1, 0.15) is 19.3 Å². The number of likely N-dealkylation sites (tertiary alicyclic amines) is 1. The van der Waals surface area contributed by atoms with E-state index in [2.05, 4.69) is 17.1 Å². The third-order valence-corrected chi connectivity index (χ3v) is 5.39. The van der Waals surface area contributed by atoms with Crippen molar-refractivity contribution < 1.29 is 9.53 Å². The van der Waals surface area contributed by atoms with E-state index in [1.807, 2.05) is 23.1 Å². The van der Waals surface area contributed by atoms with Gasteiger partial charge >= 0.3 is 0 Å². The molecular formula is C19H21ClN2O2S. The van der Waals surface area contributed by atoms with Crippen LogP contribution in [-0.2, 0) is 4.79 Å². The molecule has 0 bridgehead atoms. The summed E-state index contributed by atoms with van der Waals surface area (Å²) in [5, 5.41) is 0.505. The Morgan fingerprint density at radius 3 is 2.96 bits per heavy atom. The summed E-state index contributed by atoms with van der Waals surface area (Å²) in [5.74, 6) is 1.62. The zero-order chi connectivity index (χ0) is 17.5. The largest absolute Gasteiger partial charge is 0.487 e. The Morgan fingerprint density at radius 2 is 2.16 bits per heavy atom. The van der Waals surface area contributed by atoms with E-state index in [0.29, 0.717) is 23.7 Å². The fraction of sp³-hybridized carbons (Fsp3) is 0.368. The maximum Gasteiger partial charge on any atom is 0.223 e. The first-order chi connectivity index (χ1) is 12.2. The number of pyridine rings is 1. The zero-order valence-corrected chi connectivity index (χ0v) is 15.5. The highest BCUT2D eigenvalue weighted by molar-refractivity contribution is 7.99. The summed E-state index contributed by atoms with van der Waals surface area (Å²) in [6.45, 7) is 1.42. The number of nitrogens with zero attached hydrogens (tertiary/aromatic N) is 2. The van der Waals surface area contributed by atoms with Crippen LogP contribution in [0.15, 0.2) is 53.7 Å². The average molecular weight is 377 g/mol. The number of carbonyl (C=O) groups is 1. The van der Waals surface area contributed by atoms with Gasteiger partial charge in [0, 0.05) is 42.1 Å². The van der Waals surface area contributed by atoms with Crippen LogP contribution in [0.4, 0.5) is 0 Å². The van der Waals surface area contributed by atoms with E-state index in [1.165, 1.54) is 4.90 Å². The van der Waals surface area contributed by atoms with Gasteiger partial charge in [0.05, 0.1) is 6.54 Å². The average Bonchev–Trinajstić information content (AvgIpc) is 2.65. The highest BCUT2D eigenvalue weighted by Gasteiger charge is 2.25. The van der Waals surface area contributed by atoms with Crippen molar-refractivity contribution in [3.8, 4) is 5.75 Å². The Morgan fingerprint density at radius 1 is 1.32 bits per heavy atom. The lowest BCUT2D eigenvalue weighted by molar-refractivity contribution is -0.133. The summed E-state index contributed by atoms with van der Waals surface area (Å²) < 4.78 is 5.97. The molecule has 132 valence electrons. The molecule has 2 heterocycles. The quantitative estimate of drug-likeness (QED) is 0.705. The lowest BCUT2D eigenvalue weighted by Gasteiger charge is -2.33. The zero-order valence-electron chi connectivity index (χ0n) is 13.9. The molecule has 1 atom stereocenters. The third kappa shape index (κ3) is 5.38. The van der Waals surface area contributed by atoms with Gasteiger partial charge in [-0.3, -0.25) is 9.78 Å². The van der Waals surface area contributed by atoms with E-state index in [9.17, 15) is 4.79 Å². The number of hydrogen-bond donors (Lipinski definition) is 0. The van der Waals surface area contributed by atoms with E-state index in [4.69, 9.17) is 16.3 Å². The van der Waals surface area contributed by atoms with Crippen molar-refractivity contribution in [1.82, 2.24) is 9.88 Å². The number of thioether (sulfide) groups is 1. The van der Waals surface area contributed by atoms with Crippen molar-refractivity contribution in [1.29, 1.82) is 0 Å². The summed E-state index contributed by atoms with van der Waals surface area (Å²) in [6, 6.07) is 11.9. The van der Waals surface area contributed by atoms with Crippen molar-refractivity contribution >= 4 is 29.3 Å². The minimum absolute atomic E-state index is 0.0145. The molecule has 4 nitrogen and oxygen atoms in total. The van der Waals surface area contributed by atoms with Gasteiger partial charge in [0.15, 0.2) is 0 Å². The van der Waals surface area contributed by atoms with Crippen LogP contribution in [0.2, 0.25) is 5.02 Å². The molecule has 1 saturated heterocycles. The molecule has 1 amide bonds. The first-order valence-electron chi connectivity index (χ1n) is 8.44. The van der Waals surface area contributed by atoms with Crippen LogP contribution in [-0.4, -0.2) is 40.7 Å². The molecule has 0 aliphatic carbocycles. The standard InChI is InChI=1S/C19H21ClN2O2S/c20-17-13-21-10-8-18(17)24-15-5-4-11-22(14-15)19(23)9-12-25-16-6-2-1-3-7-16/h1-3,6-8,10,13,15H,4-5,9,11-12,14H2. The van der Waals surface area contributed by atoms with Gasteiger partial charge in [-0.25, -0.2) is 0 Å². The van der Waals surface area contributed by atoms with Crippen molar-refractivity contribution in [3.63, 3.8) is 0 Å². The SMILES string of the molecule is O=C(CCSc1ccccc1)N1CCCC(Oc2ccncc2Cl)C1. The number of aromatic nitrogens is 1. The van der Waals surface area contributed by atoms with Gasteiger partial charge < -0.3 is 9.64 Å². The Hall–Kier alpha value is -1.72. The molecule has 25 heavy (non-hydrogen) atoms. The second kappa shape index (κ2) is 9.11. The predicted octanol–water partition coefficient (Wildman–Crippen LogP) is 4.29. The van der Waals surface area contributed by atoms with Crippen LogP contribution in [0, 0.1) is 0 Å². The molecule has 1 unspecified atom stereocenters. The maximum absolute atomic E-state index is 12.5. The first-order valence-corrected chi connectivity index (χ1v) is 9.80. The van der Waals surface area contributed by atoms with Crippen molar-refractivity contribution in [2.75, 3.05) is 18.8 Å². The van der Waals surface area contributed by atoms with Gasteiger partial charge in [0.1, 0.15) is 16.9 Å². The number of benzene rings is 1. The van der Waals surface area contributed by atoms with E-state index in [0.717, 1.165) is 25.1 Å². The summed E-state index contributed by atoms with van der Waals surface area (Å²) in [5.41, 5.74) is 0. The second-order valence-corrected chi connectivity index (χ2v) is 7.51. The molecule has 0 saturated carbocycles. The minimum atomic E-state index is -0.0145. The second-order valence-electron chi connectivity index (χ2n) is 5.94. The molecule has 6 heteroatoms. The number of hydrogen-bond acceptors (Lipinski definition) is 4. The minimum Gasteiger partial charge on any atom is -0.487 e. The monoisotopic (exact) mass is 376 g/mol. The summed E-state index contributed by atoms with van der Waals surface area (Å²) in [7, 11) is 0. The molecule has 2 aromatic rings. The number of amides is 1. The topological polar surface area (TPSA) is 42.4 Å². The molecule has 1 aliphatic rings. The Bertz CT molecular complexity index is 699. The molecule has 1 aliphatic heterocycles. The normalized spacial score (nSPS) is 17.3. The predicted molar refractivity (Wildman–Crippen MR) is 101 cm³/mol. The molecular weight excluding hydrogens is 356 g/mol. The summed E-state index contributed by atoms with van der Waals surface area (Å²) in [4.78, 5) is 19.5. The Kier molecular flexibility index (Phi) is 6.59. The summed E-state index contributed by atoms with van der Waals surface area (Å²) >= 11 is 7.81. The van der Waals surface area contributed by atoms with Gasteiger partial charge in [0.2, 0.25) is 5.91 Å². The van der Waals surface area contributed by atoms with Crippen LogP contribution in [0.3, 0.4) is 0 Å². The van der Waals surface area contributed by atoms with Gasteiger partial charge in [-0.1, -0.05) is 29.8 Å². The number of rotatable bonds is 6. The molecule has 3 rings (SSSR count).